The van der Waals surface area contributed by atoms with Crippen molar-refractivity contribution >= 4 is 5.91 Å². The van der Waals surface area contributed by atoms with Crippen LogP contribution >= 0.6 is 0 Å². The lowest BCUT2D eigenvalue weighted by Gasteiger charge is -2.14. The van der Waals surface area contributed by atoms with Crippen molar-refractivity contribution in [3.05, 3.63) is 0 Å². The third-order valence-corrected chi connectivity index (χ3v) is 1.98. The van der Waals surface area contributed by atoms with Gasteiger partial charge in [-0.2, -0.15) is 0 Å². The summed E-state index contributed by atoms with van der Waals surface area (Å²) in [4.78, 5) is 11.4. The highest BCUT2D eigenvalue weighted by molar-refractivity contribution is 5.81. The first-order valence-corrected chi connectivity index (χ1v) is 5.22. The molecule has 1 amide bonds. The molecule has 0 bridgehead atoms. The van der Waals surface area contributed by atoms with E-state index in [1.807, 2.05) is 6.92 Å². The van der Waals surface area contributed by atoms with E-state index in [0.717, 1.165) is 6.42 Å². The number of amides is 1. The van der Waals surface area contributed by atoms with E-state index in [0.29, 0.717) is 18.9 Å². The van der Waals surface area contributed by atoms with Crippen molar-refractivity contribution in [2.75, 3.05) is 6.54 Å². The van der Waals surface area contributed by atoms with Crippen LogP contribution in [0.1, 0.15) is 33.6 Å². The lowest BCUT2D eigenvalue weighted by molar-refractivity contribution is -0.122. The van der Waals surface area contributed by atoms with Gasteiger partial charge in [-0.25, -0.2) is 0 Å². The lowest BCUT2D eigenvalue weighted by atomic mass is 10.1. The normalized spacial score (nSPS) is 15.3. The van der Waals surface area contributed by atoms with Gasteiger partial charge in [-0.1, -0.05) is 13.8 Å². The molecule has 0 heterocycles. The molecule has 2 unspecified atom stereocenters. The molecule has 0 aliphatic rings. The SMILES string of the molecule is CC(C)CCNC(=O)C(N)CC(C)N. The fourth-order valence-corrected chi connectivity index (χ4v) is 1.12. The molecule has 5 N–H and O–H groups in total. The molecule has 0 aliphatic carbocycles. The molecule has 0 radical (unpaired) electrons. The van der Waals surface area contributed by atoms with Crippen LogP contribution < -0.4 is 16.8 Å². The number of carbonyl (C=O) groups excluding carboxylic acids is 1. The van der Waals surface area contributed by atoms with Gasteiger partial charge in [0.05, 0.1) is 6.04 Å². The molecular weight excluding hydrogens is 178 g/mol. The molecule has 0 rings (SSSR count). The van der Waals surface area contributed by atoms with Gasteiger partial charge in [0.2, 0.25) is 5.91 Å². The van der Waals surface area contributed by atoms with Gasteiger partial charge in [0.15, 0.2) is 0 Å². The highest BCUT2D eigenvalue weighted by Crippen LogP contribution is 1.97. The summed E-state index contributed by atoms with van der Waals surface area (Å²) in [6.45, 7) is 6.78. The van der Waals surface area contributed by atoms with E-state index >= 15 is 0 Å². The molecular formula is C10H23N3O. The molecule has 84 valence electrons. The number of hydrogen-bond acceptors (Lipinski definition) is 3. The van der Waals surface area contributed by atoms with Crippen LogP contribution in [0.4, 0.5) is 0 Å². The zero-order valence-corrected chi connectivity index (χ0v) is 9.42. The molecule has 4 heteroatoms. The second kappa shape index (κ2) is 6.79. The van der Waals surface area contributed by atoms with Crippen LogP contribution in [0.2, 0.25) is 0 Å². The van der Waals surface area contributed by atoms with Crippen molar-refractivity contribution < 1.29 is 4.79 Å². The van der Waals surface area contributed by atoms with E-state index in [9.17, 15) is 4.79 Å². The Morgan fingerprint density at radius 2 is 1.86 bits per heavy atom. The molecule has 0 saturated carbocycles. The van der Waals surface area contributed by atoms with Gasteiger partial charge in [0, 0.05) is 12.6 Å². The van der Waals surface area contributed by atoms with E-state index in [1.165, 1.54) is 0 Å². The molecule has 0 spiro atoms. The summed E-state index contributed by atoms with van der Waals surface area (Å²) in [6.07, 6.45) is 1.52. The summed E-state index contributed by atoms with van der Waals surface area (Å²) in [5.41, 5.74) is 11.2. The third-order valence-electron chi connectivity index (χ3n) is 1.98. The van der Waals surface area contributed by atoms with Crippen LogP contribution in [0.5, 0.6) is 0 Å². The molecule has 0 fully saturated rings. The Balaban J connectivity index is 3.62. The lowest BCUT2D eigenvalue weighted by Crippen LogP contribution is -2.43. The van der Waals surface area contributed by atoms with E-state index in [1.54, 1.807) is 0 Å². The zero-order valence-electron chi connectivity index (χ0n) is 9.42. The Labute approximate surface area is 86.4 Å². The molecule has 4 nitrogen and oxygen atoms in total. The monoisotopic (exact) mass is 201 g/mol. The van der Waals surface area contributed by atoms with Crippen molar-refractivity contribution in [2.45, 2.75) is 45.7 Å². The van der Waals surface area contributed by atoms with Gasteiger partial charge in [-0.05, 0) is 25.7 Å². The topological polar surface area (TPSA) is 81.1 Å². The first-order chi connectivity index (χ1) is 6.43. The van der Waals surface area contributed by atoms with Crippen LogP contribution in [0.15, 0.2) is 0 Å². The standard InChI is InChI=1S/C10H23N3O/c1-7(2)4-5-13-10(14)9(12)6-8(3)11/h7-9H,4-6,11-12H2,1-3H3,(H,13,14). The largest absolute Gasteiger partial charge is 0.355 e. The highest BCUT2D eigenvalue weighted by Gasteiger charge is 2.14. The predicted octanol–water partition coefficient (Wildman–Crippen LogP) is 0.213. The summed E-state index contributed by atoms with van der Waals surface area (Å²) in [6, 6.07) is -0.497. The molecule has 0 aromatic carbocycles. The first kappa shape index (κ1) is 13.4. The second-order valence-electron chi connectivity index (χ2n) is 4.29. The molecule has 0 aliphatic heterocycles. The number of hydrogen-bond donors (Lipinski definition) is 3. The van der Waals surface area contributed by atoms with Gasteiger partial charge in [-0.15, -0.1) is 0 Å². The van der Waals surface area contributed by atoms with Gasteiger partial charge in [0.1, 0.15) is 0 Å². The third kappa shape index (κ3) is 6.86. The maximum Gasteiger partial charge on any atom is 0.236 e. The first-order valence-electron chi connectivity index (χ1n) is 5.22. The van der Waals surface area contributed by atoms with E-state index in [2.05, 4.69) is 19.2 Å². The fraction of sp³-hybridized carbons (Fsp3) is 0.900. The Kier molecular flexibility index (Phi) is 6.49. The van der Waals surface area contributed by atoms with Crippen molar-refractivity contribution in [1.29, 1.82) is 0 Å². The predicted molar refractivity (Wildman–Crippen MR) is 58.7 cm³/mol. The van der Waals surface area contributed by atoms with Crippen molar-refractivity contribution in [3.8, 4) is 0 Å². The van der Waals surface area contributed by atoms with Crippen LogP contribution in [-0.4, -0.2) is 24.5 Å². The maximum atomic E-state index is 11.4. The maximum absolute atomic E-state index is 11.4. The van der Waals surface area contributed by atoms with E-state index < -0.39 is 6.04 Å². The summed E-state index contributed by atoms with van der Waals surface area (Å²) >= 11 is 0. The number of rotatable bonds is 6. The van der Waals surface area contributed by atoms with Crippen LogP contribution in [-0.2, 0) is 4.79 Å². The van der Waals surface area contributed by atoms with Gasteiger partial charge >= 0.3 is 0 Å². The van der Waals surface area contributed by atoms with Gasteiger partial charge in [0.25, 0.3) is 0 Å². The summed E-state index contributed by atoms with van der Waals surface area (Å²) < 4.78 is 0. The number of nitrogens with one attached hydrogen (secondary N) is 1. The Morgan fingerprint density at radius 3 is 2.29 bits per heavy atom. The van der Waals surface area contributed by atoms with Crippen LogP contribution in [0.3, 0.4) is 0 Å². The smallest absolute Gasteiger partial charge is 0.236 e. The Morgan fingerprint density at radius 1 is 1.29 bits per heavy atom. The minimum atomic E-state index is -0.470. The Bertz CT molecular complexity index is 169. The molecule has 14 heavy (non-hydrogen) atoms. The molecule has 0 aromatic heterocycles. The minimum absolute atomic E-state index is 0.0270. The van der Waals surface area contributed by atoms with E-state index in [4.69, 9.17) is 11.5 Å². The zero-order chi connectivity index (χ0) is 11.1. The average molecular weight is 201 g/mol. The minimum Gasteiger partial charge on any atom is -0.355 e. The Hall–Kier alpha value is -0.610. The molecule has 0 aromatic rings. The highest BCUT2D eigenvalue weighted by atomic mass is 16.2. The van der Waals surface area contributed by atoms with Gasteiger partial charge < -0.3 is 16.8 Å². The van der Waals surface area contributed by atoms with Crippen molar-refractivity contribution in [1.82, 2.24) is 5.32 Å². The van der Waals surface area contributed by atoms with Crippen LogP contribution in [0, 0.1) is 5.92 Å². The molecule has 2 atom stereocenters. The summed E-state index contributed by atoms with van der Waals surface area (Å²) in [5.74, 6) is 0.503. The summed E-state index contributed by atoms with van der Waals surface area (Å²) in [7, 11) is 0. The van der Waals surface area contributed by atoms with Crippen molar-refractivity contribution in [2.24, 2.45) is 17.4 Å². The van der Waals surface area contributed by atoms with E-state index in [-0.39, 0.29) is 11.9 Å². The second-order valence-corrected chi connectivity index (χ2v) is 4.29. The van der Waals surface area contributed by atoms with Gasteiger partial charge in [-0.3, -0.25) is 4.79 Å². The quantitative estimate of drug-likeness (QED) is 0.575. The molecule has 0 saturated heterocycles. The van der Waals surface area contributed by atoms with Crippen LogP contribution in [0.25, 0.3) is 0 Å². The van der Waals surface area contributed by atoms with Crippen molar-refractivity contribution in [3.63, 3.8) is 0 Å². The summed E-state index contributed by atoms with van der Waals surface area (Å²) in [5, 5.41) is 2.80. The number of carbonyl (C=O) groups is 1. The fourth-order valence-electron chi connectivity index (χ4n) is 1.12. The number of nitrogens with two attached hydrogens (primary N) is 2. The average Bonchev–Trinajstić information content (AvgIpc) is 2.01.